The molecule has 19 heavy (non-hydrogen) atoms. The highest BCUT2D eigenvalue weighted by Gasteiger charge is 2.10. The van der Waals surface area contributed by atoms with Gasteiger partial charge in [0.1, 0.15) is 12.1 Å². The molecule has 0 aliphatic rings. The second kappa shape index (κ2) is 4.35. The summed E-state index contributed by atoms with van der Waals surface area (Å²) in [6, 6.07) is 6.12. The van der Waals surface area contributed by atoms with E-state index in [1.54, 1.807) is 6.33 Å². The maximum absolute atomic E-state index is 4.34. The first kappa shape index (κ1) is 11.6. The molecular weight excluding hydrogens is 238 g/mol. The molecule has 3 rings (SSSR count). The molecule has 96 valence electrons. The maximum Gasteiger partial charge on any atom is 0.127 e. The Kier molecular flexibility index (Phi) is 2.67. The molecule has 0 saturated carbocycles. The van der Waals surface area contributed by atoms with Gasteiger partial charge >= 0.3 is 0 Å². The lowest BCUT2D eigenvalue weighted by Crippen LogP contribution is -1.96. The predicted octanol–water partition coefficient (Wildman–Crippen LogP) is 2.38. The van der Waals surface area contributed by atoms with E-state index in [2.05, 4.69) is 30.9 Å². The highest BCUT2D eigenvalue weighted by atomic mass is 15.0. The highest BCUT2D eigenvalue weighted by Crippen LogP contribution is 2.26. The smallest absolute Gasteiger partial charge is 0.127 e. The average Bonchev–Trinajstić information content (AvgIpc) is 2.76. The lowest BCUT2D eigenvalue weighted by molar-refractivity contribution is 0.963. The summed E-state index contributed by atoms with van der Waals surface area (Å²) >= 11 is 0. The fraction of sp³-hybridized carbons (Fsp3) is 0.214. The maximum atomic E-state index is 4.34. The zero-order chi connectivity index (χ0) is 13.4. The Bertz CT molecular complexity index is 745. The molecule has 0 bridgehead atoms. The van der Waals surface area contributed by atoms with Crippen LogP contribution in [0, 0.1) is 6.92 Å². The molecule has 1 N–H and O–H groups in total. The zero-order valence-electron chi connectivity index (χ0n) is 11.2. The van der Waals surface area contributed by atoms with Gasteiger partial charge in [-0.05, 0) is 19.1 Å². The number of nitrogens with one attached hydrogen (secondary N) is 1. The third-order valence-electron chi connectivity index (χ3n) is 3.25. The quantitative estimate of drug-likeness (QED) is 0.762. The van der Waals surface area contributed by atoms with Gasteiger partial charge in [-0.2, -0.15) is 0 Å². The third kappa shape index (κ3) is 1.93. The van der Waals surface area contributed by atoms with Gasteiger partial charge in [-0.1, -0.05) is 0 Å². The number of aromatic nitrogens is 4. The largest absolute Gasteiger partial charge is 0.373 e. The van der Waals surface area contributed by atoms with Crippen LogP contribution in [0.15, 0.2) is 30.7 Å². The van der Waals surface area contributed by atoms with Crippen LogP contribution < -0.4 is 5.32 Å². The van der Waals surface area contributed by atoms with Gasteiger partial charge in [0, 0.05) is 37.4 Å². The Balaban J connectivity index is 2.22. The summed E-state index contributed by atoms with van der Waals surface area (Å²) in [6.07, 6.45) is 3.47. The monoisotopic (exact) mass is 253 g/mol. The molecule has 0 aliphatic carbocycles. The Morgan fingerprint density at radius 3 is 2.68 bits per heavy atom. The van der Waals surface area contributed by atoms with Gasteiger partial charge in [0.2, 0.25) is 0 Å². The molecule has 0 aromatic carbocycles. The van der Waals surface area contributed by atoms with Crippen molar-refractivity contribution in [3.63, 3.8) is 0 Å². The molecular formula is C14H15N5. The number of aryl methyl sites for hydroxylation is 2. The number of anilines is 1. The van der Waals surface area contributed by atoms with Crippen LogP contribution in [-0.4, -0.2) is 26.6 Å². The summed E-state index contributed by atoms with van der Waals surface area (Å²) in [5, 5.41) is 4.16. The first-order valence-corrected chi connectivity index (χ1v) is 6.11. The van der Waals surface area contributed by atoms with E-state index in [1.807, 2.05) is 39.3 Å². The molecule has 5 heteroatoms. The van der Waals surface area contributed by atoms with Gasteiger partial charge in [0.05, 0.1) is 16.9 Å². The van der Waals surface area contributed by atoms with E-state index < -0.39 is 0 Å². The van der Waals surface area contributed by atoms with Crippen molar-refractivity contribution < 1.29 is 0 Å². The van der Waals surface area contributed by atoms with E-state index in [1.165, 1.54) is 0 Å². The minimum atomic E-state index is 0.860. The summed E-state index contributed by atoms with van der Waals surface area (Å²) in [5.41, 5.74) is 4.09. The van der Waals surface area contributed by atoms with Crippen molar-refractivity contribution in [3.8, 4) is 11.4 Å². The molecule has 0 atom stereocenters. The zero-order valence-corrected chi connectivity index (χ0v) is 11.2. The van der Waals surface area contributed by atoms with Crippen LogP contribution in [0.1, 0.15) is 5.69 Å². The lowest BCUT2D eigenvalue weighted by atomic mass is 10.2. The Labute approximate surface area is 111 Å². The Morgan fingerprint density at radius 2 is 1.95 bits per heavy atom. The van der Waals surface area contributed by atoms with Crippen LogP contribution in [0.4, 0.5) is 5.82 Å². The topological polar surface area (TPSA) is 55.6 Å². The molecule has 3 aromatic rings. The second-order valence-electron chi connectivity index (χ2n) is 4.51. The van der Waals surface area contributed by atoms with E-state index in [-0.39, 0.29) is 0 Å². The van der Waals surface area contributed by atoms with Crippen LogP contribution in [0.25, 0.3) is 22.3 Å². The number of rotatable bonds is 2. The molecule has 0 saturated heterocycles. The van der Waals surface area contributed by atoms with Crippen molar-refractivity contribution in [1.29, 1.82) is 0 Å². The van der Waals surface area contributed by atoms with Crippen LogP contribution in [-0.2, 0) is 7.05 Å². The van der Waals surface area contributed by atoms with Gasteiger partial charge < -0.3 is 9.88 Å². The van der Waals surface area contributed by atoms with Crippen LogP contribution >= 0.6 is 0 Å². The molecule has 0 unspecified atom stereocenters. The number of fused-ring (bicyclic) bond motifs is 1. The van der Waals surface area contributed by atoms with Crippen molar-refractivity contribution in [2.45, 2.75) is 6.92 Å². The molecule has 0 radical (unpaired) electrons. The minimum Gasteiger partial charge on any atom is -0.373 e. The van der Waals surface area contributed by atoms with E-state index in [0.717, 1.165) is 33.8 Å². The first-order chi connectivity index (χ1) is 9.19. The van der Waals surface area contributed by atoms with E-state index in [0.29, 0.717) is 0 Å². The van der Waals surface area contributed by atoms with E-state index in [9.17, 15) is 0 Å². The average molecular weight is 253 g/mol. The number of nitrogens with zero attached hydrogens (tertiary/aromatic N) is 4. The lowest BCUT2D eigenvalue weighted by Gasteiger charge is -2.04. The predicted molar refractivity (Wildman–Crippen MR) is 76.0 cm³/mol. The van der Waals surface area contributed by atoms with Gasteiger partial charge in [0.25, 0.3) is 0 Å². The second-order valence-corrected chi connectivity index (χ2v) is 4.51. The minimum absolute atomic E-state index is 0.860. The molecule has 0 amide bonds. The van der Waals surface area contributed by atoms with Crippen LogP contribution in [0.2, 0.25) is 0 Å². The van der Waals surface area contributed by atoms with Gasteiger partial charge in [-0.25, -0.2) is 15.0 Å². The standard InChI is InChI=1S/C14H15N5/c1-9-4-11(18-8-17-9)13-5-10-7-16-14(15-2)6-12(10)19(13)3/h4-8H,1-3H3,(H,15,16). The normalized spacial score (nSPS) is 10.9. The van der Waals surface area contributed by atoms with Gasteiger partial charge in [0.15, 0.2) is 0 Å². The summed E-state index contributed by atoms with van der Waals surface area (Å²) in [4.78, 5) is 12.8. The first-order valence-electron chi connectivity index (χ1n) is 6.11. The Morgan fingerprint density at radius 1 is 1.11 bits per heavy atom. The van der Waals surface area contributed by atoms with Crippen molar-refractivity contribution in [1.82, 2.24) is 19.5 Å². The molecule has 3 aromatic heterocycles. The van der Waals surface area contributed by atoms with E-state index in [4.69, 9.17) is 0 Å². The summed E-state index contributed by atoms with van der Waals surface area (Å²) in [7, 11) is 3.90. The van der Waals surface area contributed by atoms with Gasteiger partial charge in [-0.15, -0.1) is 0 Å². The van der Waals surface area contributed by atoms with Gasteiger partial charge in [-0.3, -0.25) is 0 Å². The van der Waals surface area contributed by atoms with Crippen molar-refractivity contribution in [3.05, 3.63) is 36.4 Å². The van der Waals surface area contributed by atoms with Crippen LogP contribution in [0.5, 0.6) is 0 Å². The number of hydrogen-bond donors (Lipinski definition) is 1. The summed E-state index contributed by atoms with van der Waals surface area (Å²) in [5.74, 6) is 0.860. The summed E-state index contributed by atoms with van der Waals surface area (Å²) in [6.45, 7) is 1.97. The third-order valence-corrected chi connectivity index (χ3v) is 3.25. The molecule has 0 aliphatic heterocycles. The van der Waals surface area contributed by atoms with Crippen molar-refractivity contribution in [2.75, 3.05) is 12.4 Å². The fourth-order valence-electron chi connectivity index (χ4n) is 2.21. The number of hydrogen-bond acceptors (Lipinski definition) is 4. The summed E-state index contributed by atoms with van der Waals surface area (Å²) < 4.78 is 2.12. The molecule has 5 nitrogen and oxygen atoms in total. The molecule has 0 fully saturated rings. The SMILES string of the molecule is CNc1cc2c(cn1)cc(-c1cc(C)ncn1)n2C. The van der Waals surface area contributed by atoms with Crippen molar-refractivity contribution >= 4 is 16.7 Å². The van der Waals surface area contributed by atoms with Crippen LogP contribution in [0.3, 0.4) is 0 Å². The van der Waals surface area contributed by atoms with Crippen molar-refractivity contribution in [2.24, 2.45) is 7.05 Å². The fourth-order valence-corrected chi connectivity index (χ4v) is 2.21. The molecule has 3 heterocycles. The Hall–Kier alpha value is -2.43. The highest BCUT2D eigenvalue weighted by molar-refractivity contribution is 5.87. The van der Waals surface area contributed by atoms with E-state index >= 15 is 0 Å². The molecule has 0 spiro atoms. The number of pyridine rings is 1.